The van der Waals surface area contributed by atoms with E-state index in [2.05, 4.69) is 0 Å². The first kappa shape index (κ1) is 16.4. The normalized spacial score (nSPS) is 20.9. The molecule has 4 nitrogen and oxygen atoms in total. The number of hydrogen-bond acceptors (Lipinski definition) is 2. The summed E-state index contributed by atoms with van der Waals surface area (Å²) in [6.07, 6.45) is 3.61. The van der Waals surface area contributed by atoms with E-state index < -0.39 is 10.2 Å². The molecule has 0 saturated carbocycles. The summed E-state index contributed by atoms with van der Waals surface area (Å²) in [4.78, 5) is 0. The lowest BCUT2D eigenvalue weighted by Crippen LogP contribution is -2.45. The Morgan fingerprint density at radius 3 is 2.81 bits per heavy atom. The molecule has 1 atom stereocenters. The van der Waals surface area contributed by atoms with E-state index in [1.54, 1.807) is 30.5 Å². The highest BCUT2D eigenvalue weighted by Gasteiger charge is 2.30. The Balaban J connectivity index is 1.93. The molecule has 1 saturated heterocycles. The molecule has 1 heterocycles. The minimum absolute atomic E-state index is 0.215. The van der Waals surface area contributed by atoms with Gasteiger partial charge in [0.25, 0.3) is 10.2 Å². The first-order valence-corrected chi connectivity index (χ1v) is 8.71. The Labute approximate surface area is 126 Å². The lowest BCUT2D eigenvalue weighted by molar-refractivity contribution is 0.246. The van der Waals surface area contributed by atoms with E-state index in [0.29, 0.717) is 19.0 Å². The third-order valence-electron chi connectivity index (χ3n) is 4.00. The summed E-state index contributed by atoms with van der Waals surface area (Å²) in [5.74, 6) is 0.129. The molecule has 1 aromatic rings. The predicted octanol–water partition coefficient (Wildman–Crippen LogP) is 2.28. The smallest absolute Gasteiger partial charge is 0.207 e. The maximum Gasteiger partial charge on any atom is 0.281 e. The standard InChI is InChI=1S/C15H23FN2O2S/c1-17(2)21(19,20)18-10-4-6-14(12-18)9-8-13-5-3-7-15(16)11-13/h3,5,7,11,14H,4,6,8-10,12H2,1-2H3. The molecule has 0 N–H and O–H groups in total. The van der Waals surface area contributed by atoms with Gasteiger partial charge in [-0.2, -0.15) is 17.0 Å². The zero-order chi connectivity index (χ0) is 15.5. The summed E-state index contributed by atoms with van der Waals surface area (Å²) in [5, 5.41) is 0. The highest BCUT2D eigenvalue weighted by Crippen LogP contribution is 2.24. The van der Waals surface area contributed by atoms with Crippen LogP contribution in [0, 0.1) is 11.7 Å². The van der Waals surface area contributed by atoms with Gasteiger partial charge in [-0.1, -0.05) is 12.1 Å². The summed E-state index contributed by atoms with van der Waals surface area (Å²) in [7, 11) is -0.193. The second-order valence-corrected chi connectivity index (χ2v) is 7.97. The number of aryl methyl sites for hydroxylation is 1. The van der Waals surface area contributed by atoms with E-state index in [9.17, 15) is 12.8 Å². The van der Waals surface area contributed by atoms with Gasteiger partial charge >= 0.3 is 0 Å². The van der Waals surface area contributed by atoms with Gasteiger partial charge in [-0.25, -0.2) is 4.39 Å². The second-order valence-electron chi connectivity index (χ2n) is 5.83. The third kappa shape index (κ3) is 4.25. The van der Waals surface area contributed by atoms with Gasteiger partial charge in [0, 0.05) is 27.2 Å². The van der Waals surface area contributed by atoms with Crippen LogP contribution in [0.15, 0.2) is 24.3 Å². The molecule has 118 valence electrons. The molecule has 1 aliphatic heterocycles. The number of rotatable bonds is 5. The lowest BCUT2D eigenvalue weighted by atomic mass is 9.93. The maximum absolute atomic E-state index is 13.1. The van der Waals surface area contributed by atoms with E-state index in [1.165, 1.54) is 10.4 Å². The molecule has 0 amide bonds. The minimum Gasteiger partial charge on any atom is -0.207 e. The van der Waals surface area contributed by atoms with Crippen molar-refractivity contribution in [3.05, 3.63) is 35.6 Å². The molecular formula is C15H23FN2O2S. The van der Waals surface area contributed by atoms with Crippen LogP contribution in [0.2, 0.25) is 0 Å². The van der Waals surface area contributed by atoms with Crippen LogP contribution in [0.3, 0.4) is 0 Å². The van der Waals surface area contributed by atoms with Crippen molar-refractivity contribution in [1.29, 1.82) is 0 Å². The topological polar surface area (TPSA) is 40.6 Å². The Morgan fingerprint density at radius 1 is 1.38 bits per heavy atom. The summed E-state index contributed by atoms with van der Waals surface area (Å²) < 4.78 is 40.3. The Kier molecular flexibility index (Phi) is 5.35. The van der Waals surface area contributed by atoms with Gasteiger partial charge in [-0.3, -0.25) is 0 Å². The number of hydrogen-bond donors (Lipinski definition) is 0. The average Bonchev–Trinajstić information content (AvgIpc) is 2.45. The zero-order valence-corrected chi connectivity index (χ0v) is 13.4. The molecule has 1 aliphatic rings. The van der Waals surface area contributed by atoms with Crippen molar-refractivity contribution in [1.82, 2.24) is 8.61 Å². The van der Waals surface area contributed by atoms with Gasteiger partial charge in [0.2, 0.25) is 0 Å². The highest BCUT2D eigenvalue weighted by molar-refractivity contribution is 7.86. The first-order chi connectivity index (χ1) is 9.89. The molecule has 1 fully saturated rings. The van der Waals surface area contributed by atoms with Crippen molar-refractivity contribution in [2.75, 3.05) is 27.2 Å². The van der Waals surface area contributed by atoms with Crippen LogP contribution in [0.25, 0.3) is 0 Å². The van der Waals surface area contributed by atoms with E-state index in [1.807, 2.05) is 6.07 Å². The van der Waals surface area contributed by atoms with Crippen LogP contribution in [-0.2, 0) is 16.6 Å². The van der Waals surface area contributed by atoms with E-state index in [0.717, 1.165) is 31.2 Å². The van der Waals surface area contributed by atoms with Crippen LogP contribution < -0.4 is 0 Å². The Hall–Kier alpha value is -0.980. The van der Waals surface area contributed by atoms with Gasteiger partial charge in [0.05, 0.1) is 0 Å². The molecule has 0 bridgehead atoms. The van der Waals surface area contributed by atoms with Crippen molar-refractivity contribution >= 4 is 10.2 Å². The monoisotopic (exact) mass is 314 g/mol. The fourth-order valence-corrected chi connectivity index (χ4v) is 3.99. The number of nitrogens with zero attached hydrogens (tertiary/aromatic N) is 2. The molecular weight excluding hydrogens is 291 g/mol. The molecule has 0 aromatic heterocycles. The fourth-order valence-electron chi connectivity index (χ4n) is 2.77. The third-order valence-corrected chi connectivity index (χ3v) is 5.91. The molecule has 0 spiro atoms. The highest BCUT2D eigenvalue weighted by atomic mass is 32.2. The number of piperidine rings is 1. The number of benzene rings is 1. The van der Waals surface area contributed by atoms with Crippen molar-refractivity contribution < 1.29 is 12.8 Å². The fraction of sp³-hybridized carbons (Fsp3) is 0.600. The van der Waals surface area contributed by atoms with Gasteiger partial charge < -0.3 is 0 Å². The molecule has 1 unspecified atom stereocenters. The second kappa shape index (κ2) is 6.85. The van der Waals surface area contributed by atoms with Crippen LogP contribution in [0.1, 0.15) is 24.8 Å². The average molecular weight is 314 g/mol. The molecule has 21 heavy (non-hydrogen) atoms. The predicted molar refractivity (Wildman–Crippen MR) is 81.6 cm³/mol. The number of halogens is 1. The van der Waals surface area contributed by atoms with Gasteiger partial charge in [0.1, 0.15) is 5.82 Å². The minimum atomic E-state index is -3.32. The molecule has 0 radical (unpaired) electrons. The van der Waals surface area contributed by atoms with Crippen LogP contribution in [0.4, 0.5) is 4.39 Å². The Morgan fingerprint density at radius 2 is 2.14 bits per heavy atom. The quantitative estimate of drug-likeness (QED) is 0.836. The van der Waals surface area contributed by atoms with Gasteiger partial charge in [-0.05, 0) is 49.3 Å². The summed E-state index contributed by atoms with van der Waals surface area (Å²) in [5.41, 5.74) is 0.975. The molecule has 1 aromatic carbocycles. The van der Waals surface area contributed by atoms with Crippen molar-refractivity contribution in [3.63, 3.8) is 0 Å². The zero-order valence-electron chi connectivity index (χ0n) is 12.6. The van der Waals surface area contributed by atoms with Gasteiger partial charge in [-0.15, -0.1) is 0 Å². The van der Waals surface area contributed by atoms with Crippen molar-refractivity contribution in [2.45, 2.75) is 25.7 Å². The van der Waals surface area contributed by atoms with Gasteiger partial charge in [0.15, 0.2) is 0 Å². The van der Waals surface area contributed by atoms with E-state index in [-0.39, 0.29) is 5.82 Å². The van der Waals surface area contributed by atoms with E-state index >= 15 is 0 Å². The lowest BCUT2D eigenvalue weighted by Gasteiger charge is -2.33. The summed E-state index contributed by atoms with van der Waals surface area (Å²) in [6, 6.07) is 6.63. The van der Waals surface area contributed by atoms with Crippen molar-refractivity contribution in [2.24, 2.45) is 5.92 Å². The Bertz CT molecular complexity index is 575. The van der Waals surface area contributed by atoms with Crippen LogP contribution >= 0.6 is 0 Å². The first-order valence-electron chi connectivity index (χ1n) is 7.31. The summed E-state index contributed by atoms with van der Waals surface area (Å²) >= 11 is 0. The molecule has 6 heteroatoms. The molecule has 0 aliphatic carbocycles. The van der Waals surface area contributed by atoms with Crippen LogP contribution in [-0.4, -0.2) is 44.2 Å². The van der Waals surface area contributed by atoms with Crippen LogP contribution in [0.5, 0.6) is 0 Å². The summed E-state index contributed by atoms with van der Waals surface area (Å²) in [6.45, 7) is 1.16. The molecule has 2 rings (SSSR count). The maximum atomic E-state index is 13.1. The SMILES string of the molecule is CN(C)S(=O)(=O)N1CCCC(CCc2cccc(F)c2)C1. The van der Waals surface area contributed by atoms with E-state index in [4.69, 9.17) is 0 Å². The largest absolute Gasteiger partial charge is 0.281 e. The van der Waals surface area contributed by atoms with Crippen molar-refractivity contribution in [3.8, 4) is 0 Å².